The molecule has 29 heavy (non-hydrogen) atoms. The van der Waals surface area contributed by atoms with E-state index in [9.17, 15) is 30.0 Å². The number of ether oxygens (including phenoxy) is 2. The molecule has 8 nitrogen and oxygen atoms in total. The van der Waals surface area contributed by atoms with Crippen molar-refractivity contribution in [1.82, 2.24) is 0 Å². The van der Waals surface area contributed by atoms with Crippen molar-refractivity contribution >= 4 is 11.8 Å². The van der Waals surface area contributed by atoms with Crippen LogP contribution in [0.4, 0.5) is 0 Å². The van der Waals surface area contributed by atoms with Gasteiger partial charge in [-0.2, -0.15) is 0 Å². The summed E-state index contributed by atoms with van der Waals surface area (Å²) in [5.41, 5.74) is -3.91. The van der Waals surface area contributed by atoms with Gasteiger partial charge in [0.25, 0.3) is 0 Å². The summed E-state index contributed by atoms with van der Waals surface area (Å²) < 4.78 is 11.4. The second-order valence-electron chi connectivity index (χ2n) is 10.3. The topological polar surface area (TPSA) is 134 Å². The zero-order valence-corrected chi connectivity index (χ0v) is 17.0. The summed E-state index contributed by atoms with van der Waals surface area (Å²) in [5.74, 6) is -4.40. The van der Waals surface area contributed by atoms with Gasteiger partial charge in [-0.15, -0.1) is 0 Å². The van der Waals surface area contributed by atoms with Gasteiger partial charge in [0.05, 0.1) is 24.2 Å². The molecule has 8 heteroatoms. The van der Waals surface area contributed by atoms with Crippen LogP contribution in [-0.2, 0) is 19.1 Å². The summed E-state index contributed by atoms with van der Waals surface area (Å²) >= 11 is 0. The number of hydrogen-bond donors (Lipinski definition) is 4. The van der Waals surface area contributed by atoms with Gasteiger partial charge in [-0.1, -0.05) is 6.92 Å². The molecule has 4 aliphatic carbocycles. The van der Waals surface area contributed by atoms with Crippen LogP contribution in [0.5, 0.6) is 0 Å². The summed E-state index contributed by atoms with van der Waals surface area (Å²) in [6, 6.07) is 0. The average molecular weight is 410 g/mol. The predicted octanol–water partition coefficient (Wildman–Crippen LogP) is -0.249. The zero-order valence-electron chi connectivity index (χ0n) is 17.0. The van der Waals surface area contributed by atoms with Crippen LogP contribution in [0.2, 0.25) is 0 Å². The Hall–Kier alpha value is -1.06. The summed E-state index contributed by atoms with van der Waals surface area (Å²) in [5, 5.41) is 45.2. The lowest BCUT2D eigenvalue weighted by Gasteiger charge is -2.74. The number of aliphatic hydroxyl groups excluding tert-OH is 3. The van der Waals surface area contributed by atoms with Crippen molar-refractivity contribution in [3.05, 3.63) is 0 Å². The molecular formula is C21H30O8. The highest BCUT2D eigenvalue weighted by Gasteiger charge is 2.86. The Morgan fingerprint density at radius 1 is 1.21 bits per heavy atom. The second kappa shape index (κ2) is 5.59. The van der Waals surface area contributed by atoms with E-state index in [-0.39, 0.29) is 30.6 Å². The predicted molar refractivity (Wildman–Crippen MR) is 97.1 cm³/mol. The smallest absolute Gasteiger partial charge is 0.303 e. The fourth-order valence-electron chi connectivity index (χ4n) is 8.24. The molecule has 0 aromatic heterocycles. The first-order valence-electron chi connectivity index (χ1n) is 10.6. The standard InChI is InChI=1S/C21H30O8/c1-9-11-4-5-12-19-8-28-21(27,20(12,7-11)16(9)25)17(26)15(19)18(3,29-10(2)22)13(23)6-14(19)24/h9,11-15,17,23-24,26-27H,4-8H2,1-3H3/t9-,11-,12+,13+,14-,15-,17+,18-,19-,20+,21+/m1/s1. The molecule has 2 heterocycles. The maximum atomic E-state index is 13.5. The van der Waals surface area contributed by atoms with Crippen molar-refractivity contribution in [3.8, 4) is 0 Å². The number of hydrogen-bond acceptors (Lipinski definition) is 8. The Bertz CT molecular complexity index is 785. The van der Waals surface area contributed by atoms with Gasteiger partial charge < -0.3 is 29.9 Å². The van der Waals surface area contributed by atoms with Gasteiger partial charge in [0.15, 0.2) is 0 Å². The molecule has 4 N–H and O–H groups in total. The number of aliphatic hydroxyl groups is 4. The minimum absolute atomic E-state index is 0.0608. The van der Waals surface area contributed by atoms with Crippen LogP contribution in [0.25, 0.3) is 0 Å². The van der Waals surface area contributed by atoms with E-state index in [4.69, 9.17) is 9.47 Å². The van der Waals surface area contributed by atoms with Crippen LogP contribution in [0, 0.1) is 34.5 Å². The van der Waals surface area contributed by atoms with Crippen molar-refractivity contribution in [2.75, 3.05) is 6.61 Å². The third-order valence-electron chi connectivity index (χ3n) is 9.40. The van der Waals surface area contributed by atoms with E-state index in [0.717, 1.165) is 6.42 Å². The van der Waals surface area contributed by atoms with Crippen LogP contribution in [-0.4, -0.2) is 68.5 Å². The highest BCUT2D eigenvalue weighted by atomic mass is 16.6. The Labute approximate surface area is 169 Å². The largest absolute Gasteiger partial charge is 0.456 e. The zero-order chi connectivity index (χ0) is 21.1. The fraction of sp³-hybridized carbons (Fsp3) is 0.905. The molecule has 6 rings (SSSR count). The van der Waals surface area contributed by atoms with Crippen molar-refractivity contribution in [3.63, 3.8) is 0 Å². The lowest BCUT2D eigenvalue weighted by atomic mass is 9.37. The van der Waals surface area contributed by atoms with Gasteiger partial charge in [-0.3, -0.25) is 9.59 Å². The SMILES string of the molecule is CC(=O)O[C@@]1(C)[C@H]2[C@H](O)[C@]3(O)OC[C@]2([C@H](O)C[C@@H]1O)[C@@H]1CC[C@@H]2C[C@@]13C(=O)[C@@H]2C. The van der Waals surface area contributed by atoms with Gasteiger partial charge in [0.2, 0.25) is 5.79 Å². The average Bonchev–Trinajstić information content (AvgIpc) is 2.83. The molecule has 0 aromatic carbocycles. The lowest BCUT2D eigenvalue weighted by molar-refractivity contribution is -0.457. The van der Waals surface area contributed by atoms with Crippen LogP contribution < -0.4 is 0 Å². The maximum absolute atomic E-state index is 13.5. The normalized spacial score (nSPS) is 60.5. The summed E-state index contributed by atoms with van der Waals surface area (Å²) in [6.07, 6.45) is -2.12. The number of carbonyl (C=O) groups is 2. The summed E-state index contributed by atoms with van der Waals surface area (Å²) in [6.45, 7) is 4.57. The van der Waals surface area contributed by atoms with Crippen molar-refractivity contribution < 1.29 is 39.5 Å². The molecule has 6 fully saturated rings. The third-order valence-corrected chi connectivity index (χ3v) is 9.40. The molecule has 4 saturated carbocycles. The molecule has 0 radical (unpaired) electrons. The fourth-order valence-corrected chi connectivity index (χ4v) is 8.24. The third kappa shape index (κ3) is 1.90. The Balaban J connectivity index is 1.74. The van der Waals surface area contributed by atoms with Gasteiger partial charge >= 0.3 is 5.97 Å². The minimum atomic E-state index is -2.14. The van der Waals surface area contributed by atoms with E-state index >= 15 is 0 Å². The number of carbonyl (C=O) groups excluding carboxylic acids is 2. The van der Waals surface area contributed by atoms with Gasteiger partial charge in [0, 0.05) is 30.6 Å². The van der Waals surface area contributed by atoms with Gasteiger partial charge in [-0.25, -0.2) is 0 Å². The van der Waals surface area contributed by atoms with E-state index in [2.05, 4.69) is 0 Å². The molecule has 4 bridgehead atoms. The number of Topliss-reactive ketones (excluding diaryl/α,β-unsaturated/α-hetero) is 1. The minimum Gasteiger partial charge on any atom is -0.456 e. The van der Waals surface area contributed by atoms with Crippen LogP contribution in [0.15, 0.2) is 0 Å². The molecular weight excluding hydrogens is 380 g/mol. The van der Waals surface area contributed by atoms with Gasteiger partial charge in [0.1, 0.15) is 17.5 Å². The van der Waals surface area contributed by atoms with Crippen LogP contribution >= 0.6 is 0 Å². The van der Waals surface area contributed by atoms with Gasteiger partial charge in [-0.05, 0) is 38.0 Å². The summed E-state index contributed by atoms with van der Waals surface area (Å²) in [4.78, 5) is 25.4. The molecule has 2 spiro atoms. The molecule has 0 aromatic rings. The molecule has 162 valence electrons. The highest BCUT2D eigenvalue weighted by Crippen LogP contribution is 2.75. The first-order valence-corrected chi connectivity index (χ1v) is 10.6. The molecule has 11 atom stereocenters. The number of ketones is 1. The van der Waals surface area contributed by atoms with E-state index in [1.165, 1.54) is 6.92 Å². The Kier molecular flexibility index (Phi) is 3.83. The Morgan fingerprint density at radius 2 is 1.90 bits per heavy atom. The van der Waals surface area contributed by atoms with E-state index in [0.29, 0.717) is 12.8 Å². The number of fused-ring (bicyclic) bond motifs is 2. The quantitative estimate of drug-likeness (QED) is 0.435. The summed E-state index contributed by atoms with van der Waals surface area (Å²) in [7, 11) is 0. The molecule has 2 saturated heterocycles. The number of rotatable bonds is 1. The molecule has 0 amide bonds. The van der Waals surface area contributed by atoms with E-state index in [1.54, 1.807) is 6.92 Å². The number of esters is 1. The molecule has 0 unspecified atom stereocenters. The van der Waals surface area contributed by atoms with Crippen molar-refractivity contribution in [2.45, 2.75) is 76.2 Å². The van der Waals surface area contributed by atoms with E-state index in [1.807, 2.05) is 6.92 Å². The lowest BCUT2D eigenvalue weighted by Crippen LogP contribution is -2.86. The monoisotopic (exact) mass is 410 g/mol. The highest BCUT2D eigenvalue weighted by molar-refractivity contribution is 5.92. The van der Waals surface area contributed by atoms with E-state index < -0.39 is 58.3 Å². The Morgan fingerprint density at radius 3 is 2.55 bits per heavy atom. The second-order valence-corrected chi connectivity index (χ2v) is 10.3. The maximum Gasteiger partial charge on any atom is 0.303 e. The van der Waals surface area contributed by atoms with Crippen molar-refractivity contribution in [1.29, 1.82) is 0 Å². The first-order chi connectivity index (χ1) is 13.5. The molecule has 2 aliphatic heterocycles. The van der Waals surface area contributed by atoms with Crippen molar-refractivity contribution in [2.24, 2.45) is 34.5 Å². The van der Waals surface area contributed by atoms with Crippen LogP contribution in [0.1, 0.15) is 46.5 Å². The van der Waals surface area contributed by atoms with Crippen LogP contribution in [0.3, 0.4) is 0 Å². The molecule has 6 aliphatic rings. The first kappa shape index (κ1) is 19.9.